The van der Waals surface area contributed by atoms with E-state index in [4.69, 9.17) is 4.74 Å². The van der Waals surface area contributed by atoms with Crippen LogP contribution in [-0.4, -0.2) is 43.9 Å². The normalized spacial score (nSPS) is 14.4. The Bertz CT molecular complexity index is 746. The molecule has 1 heterocycles. The van der Waals surface area contributed by atoms with Crippen molar-refractivity contribution in [1.82, 2.24) is 10.6 Å². The van der Waals surface area contributed by atoms with Crippen LogP contribution in [-0.2, 0) is 12.8 Å². The summed E-state index contributed by atoms with van der Waals surface area (Å²) < 4.78 is 5.56. The van der Waals surface area contributed by atoms with Gasteiger partial charge >= 0.3 is 0 Å². The molecule has 27 heavy (non-hydrogen) atoms. The lowest BCUT2D eigenvalue weighted by atomic mass is 10.0. The molecule has 0 spiro atoms. The number of benzene rings is 2. The molecule has 1 aliphatic rings. The first kappa shape index (κ1) is 19.2. The molecule has 5 nitrogen and oxygen atoms in total. The van der Waals surface area contributed by atoms with Crippen LogP contribution < -0.4 is 15.4 Å². The molecule has 3 rings (SSSR count). The first-order valence-corrected chi connectivity index (χ1v) is 9.72. The highest BCUT2D eigenvalue weighted by molar-refractivity contribution is 5.79. The molecule has 0 amide bonds. The Morgan fingerprint density at radius 1 is 1.19 bits per heavy atom. The minimum absolute atomic E-state index is 0.0124. The first-order valence-electron chi connectivity index (χ1n) is 9.72. The van der Waals surface area contributed by atoms with E-state index in [1.54, 1.807) is 0 Å². The number of aliphatic imine (C=N–C) groups is 1. The van der Waals surface area contributed by atoms with Crippen LogP contribution in [0, 0.1) is 0 Å². The topological polar surface area (TPSA) is 65.9 Å². The summed E-state index contributed by atoms with van der Waals surface area (Å²) in [7, 11) is 0. The second-order valence-electron chi connectivity index (χ2n) is 6.73. The van der Waals surface area contributed by atoms with Gasteiger partial charge in [0.1, 0.15) is 5.75 Å². The minimum Gasteiger partial charge on any atom is -0.493 e. The van der Waals surface area contributed by atoms with Crippen molar-refractivity contribution < 1.29 is 9.84 Å². The lowest BCUT2D eigenvalue weighted by molar-refractivity contribution is 0.268. The molecule has 0 aliphatic carbocycles. The van der Waals surface area contributed by atoms with Gasteiger partial charge in [0, 0.05) is 25.4 Å². The Kier molecular flexibility index (Phi) is 7.11. The summed E-state index contributed by atoms with van der Waals surface area (Å²) in [5, 5.41) is 16.4. The fourth-order valence-corrected chi connectivity index (χ4v) is 3.26. The van der Waals surface area contributed by atoms with Crippen LogP contribution in [0.2, 0.25) is 0 Å². The molecule has 1 unspecified atom stereocenters. The number of rotatable bonds is 8. The van der Waals surface area contributed by atoms with Gasteiger partial charge in [-0.25, -0.2) is 0 Å². The van der Waals surface area contributed by atoms with E-state index in [1.807, 2.05) is 30.3 Å². The van der Waals surface area contributed by atoms with E-state index in [1.165, 1.54) is 11.1 Å². The van der Waals surface area contributed by atoms with E-state index >= 15 is 0 Å². The molecule has 0 saturated heterocycles. The number of fused-ring (bicyclic) bond motifs is 1. The number of hydrogen-bond donors (Lipinski definition) is 3. The Labute approximate surface area is 161 Å². The minimum atomic E-state index is 0.0124. The number of nitrogens with zero attached hydrogens (tertiary/aromatic N) is 1. The van der Waals surface area contributed by atoms with Gasteiger partial charge < -0.3 is 20.5 Å². The van der Waals surface area contributed by atoms with Crippen molar-refractivity contribution in [3.63, 3.8) is 0 Å². The van der Waals surface area contributed by atoms with Crippen molar-refractivity contribution in [2.45, 2.75) is 25.7 Å². The smallest absolute Gasteiger partial charge is 0.191 e. The van der Waals surface area contributed by atoms with Crippen LogP contribution in [0.1, 0.15) is 29.5 Å². The van der Waals surface area contributed by atoms with Gasteiger partial charge in [0.15, 0.2) is 5.96 Å². The van der Waals surface area contributed by atoms with Crippen LogP contribution in [0.15, 0.2) is 53.5 Å². The highest BCUT2D eigenvalue weighted by Crippen LogP contribution is 2.25. The largest absolute Gasteiger partial charge is 0.493 e. The van der Waals surface area contributed by atoms with E-state index in [2.05, 4.69) is 40.7 Å². The Morgan fingerprint density at radius 3 is 2.81 bits per heavy atom. The maximum Gasteiger partial charge on any atom is 0.191 e. The molecule has 0 saturated carbocycles. The van der Waals surface area contributed by atoms with E-state index < -0.39 is 0 Å². The molecule has 1 atom stereocenters. The van der Waals surface area contributed by atoms with Crippen molar-refractivity contribution in [2.75, 3.05) is 32.8 Å². The van der Waals surface area contributed by atoms with Crippen LogP contribution >= 0.6 is 0 Å². The fourth-order valence-electron chi connectivity index (χ4n) is 3.26. The standard InChI is InChI=1S/C22H29N3O2/c1-2-23-22(25-15-20(16-26)18-6-4-3-5-7-18)24-12-10-17-8-9-21-19(14-17)11-13-27-21/h3-9,14,20,26H,2,10-13,15-16H2,1H3,(H2,23,24,25). The number of hydrogen-bond acceptors (Lipinski definition) is 3. The van der Waals surface area contributed by atoms with E-state index in [9.17, 15) is 5.11 Å². The molecule has 0 radical (unpaired) electrons. The van der Waals surface area contributed by atoms with E-state index in [-0.39, 0.29) is 12.5 Å². The van der Waals surface area contributed by atoms with Gasteiger partial charge in [-0.15, -0.1) is 0 Å². The highest BCUT2D eigenvalue weighted by atomic mass is 16.5. The van der Waals surface area contributed by atoms with Crippen molar-refractivity contribution >= 4 is 5.96 Å². The number of guanidine groups is 1. The Hall–Kier alpha value is -2.53. The van der Waals surface area contributed by atoms with Gasteiger partial charge in [-0.3, -0.25) is 4.99 Å². The van der Waals surface area contributed by atoms with Crippen molar-refractivity contribution in [3.05, 3.63) is 65.2 Å². The van der Waals surface area contributed by atoms with Crippen LogP contribution in [0.5, 0.6) is 5.75 Å². The second-order valence-corrected chi connectivity index (χ2v) is 6.73. The zero-order valence-corrected chi connectivity index (χ0v) is 15.9. The molecule has 2 aromatic rings. The van der Waals surface area contributed by atoms with Gasteiger partial charge in [-0.2, -0.15) is 0 Å². The third-order valence-corrected chi connectivity index (χ3v) is 4.77. The number of nitrogens with one attached hydrogen (secondary N) is 2. The SMILES string of the molecule is CCNC(=NCC(CO)c1ccccc1)NCCc1ccc2c(c1)CCO2. The number of ether oxygens (including phenoxy) is 1. The first-order chi connectivity index (χ1) is 13.3. The molecular weight excluding hydrogens is 338 g/mol. The maximum atomic E-state index is 9.70. The molecule has 3 N–H and O–H groups in total. The average molecular weight is 367 g/mol. The highest BCUT2D eigenvalue weighted by Gasteiger charge is 2.12. The summed E-state index contributed by atoms with van der Waals surface area (Å²) in [6.07, 6.45) is 1.93. The summed E-state index contributed by atoms with van der Waals surface area (Å²) in [5.74, 6) is 1.83. The summed E-state index contributed by atoms with van der Waals surface area (Å²) in [6.45, 7) is 5.09. The Balaban J connectivity index is 1.54. The zero-order chi connectivity index (χ0) is 18.9. The summed E-state index contributed by atoms with van der Waals surface area (Å²) in [5.41, 5.74) is 3.72. The predicted molar refractivity (Wildman–Crippen MR) is 110 cm³/mol. The van der Waals surface area contributed by atoms with Gasteiger partial charge in [-0.05, 0) is 36.1 Å². The van der Waals surface area contributed by atoms with Crippen molar-refractivity contribution in [3.8, 4) is 5.75 Å². The van der Waals surface area contributed by atoms with Crippen molar-refractivity contribution in [1.29, 1.82) is 0 Å². The zero-order valence-electron chi connectivity index (χ0n) is 15.9. The summed E-state index contributed by atoms with van der Waals surface area (Å²) >= 11 is 0. The maximum absolute atomic E-state index is 9.70. The van der Waals surface area contributed by atoms with E-state index in [0.29, 0.717) is 6.54 Å². The van der Waals surface area contributed by atoms with Crippen LogP contribution in [0.4, 0.5) is 0 Å². The third-order valence-electron chi connectivity index (χ3n) is 4.77. The molecule has 0 fully saturated rings. The molecule has 0 aromatic heterocycles. The van der Waals surface area contributed by atoms with Crippen LogP contribution in [0.3, 0.4) is 0 Å². The van der Waals surface area contributed by atoms with Crippen molar-refractivity contribution in [2.24, 2.45) is 4.99 Å². The second kappa shape index (κ2) is 9.97. The predicted octanol–water partition coefficient (Wildman–Crippen LogP) is 2.50. The third kappa shape index (κ3) is 5.47. The molecule has 0 bridgehead atoms. The lowest BCUT2D eigenvalue weighted by Gasteiger charge is -2.15. The number of aliphatic hydroxyl groups is 1. The van der Waals surface area contributed by atoms with Gasteiger partial charge in [0.2, 0.25) is 0 Å². The van der Waals surface area contributed by atoms with E-state index in [0.717, 1.165) is 49.8 Å². The molecule has 1 aliphatic heterocycles. The quantitative estimate of drug-likeness (QED) is 0.495. The molecule has 5 heteroatoms. The van der Waals surface area contributed by atoms with Gasteiger partial charge in [-0.1, -0.05) is 42.5 Å². The lowest BCUT2D eigenvalue weighted by Crippen LogP contribution is -2.38. The Morgan fingerprint density at radius 2 is 2.04 bits per heavy atom. The number of aliphatic hydroxyl groups excluding tert-OH is 1. The van der Waals surface area contributed by atoms with Crippen LogP contribution in [0.25, 0.3) is 0 Å². The van der Waals surface area contributed by atoms with Gasteiger partial charge in [0.25, 0.3) is 0 Å². The summed E-state index contributed by atoms with van der Waals surface area (Å²) in [6, 6.07) is 16.5. The molecular formula is C22H29N3O2. The summed E-state index contributed by atoms with van der Waals surface area (Å²) in [4.78, 5) is 4.66. The molecule has 144 valence electrons. The average Bonchev–Trinajstić information content (AvgIpc) is 3.17. The monoisotopic (exact) mass is 367 g/mol. The van der Waals surface area contributed by atoms with Gasteiger partial charge in [0.05, 0.1) is 19.8 Å². The fraction of sp³-hybridized carbons (Fsp3) is 0.409. The molecule has 2 aromatic carbocycles.